The van der Waals surface area contributed by atoms with Gasteiger partial charge in [0.15, 0.2) is 0 Å². The third-order valence-electron chi connectivity index (χ3n) is 2.41. The second-order valence-corrected chi connectivity index (χ2v) is 7.92. The average molecular weight is 409 g/mol. The van der Waals surface area contributed by atoms with Crippen LogP contribution in [0.15, 0.2) is 31.0 Å². The van der Waals surface area contributed by atoms with E-state index < -0.39 is 42.9 Å². The van der Waals surface area contributed by atoms with E-state index in [1.165, 1.54) is 0 Å². The van der Waals surface area contributed by atoms with Crippen molar-refractivity contribution in [3.63, 3.8) is 0 Å². The maximum absolute atomic E-state index is 11.5. The molecule has 1 aromatic rings. The number of esters is 1. The zero-order chi connectivity index (χ0) is 14.6. The van der Waals surface area contributed by atoms with Crippen LogP contribution in [0.4, 0.5) is 5.69 Å². The van der Waals surface area contributed by atoms with Gasteiger partial charge < -0.3 is 4.74 Å². The molecule has 0 aliphatic carbocycles. The second-order valence-electron chi connectivity index (χ2n) is 4.00. The minimum Gasteiger partial charge on any atom is -0.464 e. The minimum absolute atomic E-state index is 0.108. The van der Waals surface area contributed by atoms with Crippen LogP contribution >= 0.6 is 21.0 Å². The topological polar surface area (TPSA) is 93.0 Å². The molecule has 1 aromatic carbocycles. The lowest BCUT2D eigenvalue weighted by Gasteiger charge is -2.08. The van der Waals surface area contributed by atoms with Crippen LogP contribution in [0.3, 0.4) is 0 Å². The van der Waals surface area contributed by atoms with E-state index in [0.717, 1.165) is 14.8 Å². The van der Waals surface area contributed by atoms with Crippen molar-refractivity contribution in [1.82, 2.24) is 0 Å². The molecule has 0 aromatic heterocycles. The Hall–Kier alpha value is -1.13. The lowest BCUT2D eigenvalue weighted by Crippen LogP contribution is -2.14. The van der Waals surface area contributed by atoms with Crippen molar-refractivity contribution in [3.8, 4) is 0 Å². The number of nitrogens with zero attached hydrogens (tertiary/aromatic N) is 1. The molecule has 0 bridgehead atoms. The molecule has 0 radical (unpaired) electrons. The third kappa shape index (κ3) is 4.76. The lowest BCUT2D eigenvalue weighted by molar-refractivity contribution is -0.141. The first-order valence-electron chi connectivity index (χ1n) is 5.69. The maximum Gasteiger partial charge on any atom is 0.310 e. The van der Waals surface area contributed by atoms with Crippen molar-refractivity contribution in [2.45, 2.75) is 6.42 Å². The summed E-state index contributed by atoms with van der Waals surface area (Å²) in [5.74, 6) is -1.09. The second kappa shape index (κ2) is 6.55. The summed E-state index contributed by atoms with van der Waals surface area (Å²) in [7, 11) is -4.10. The number of carbonyl (C=O) groups is 1. The highest BCUT2D eigenvalue weighted by Crippen LogP contribution is 2.36. The van der Waals surface area contributed by atoms with Crippen LogP contribution in [0.25, 0.3) is 6.08 Å². The molecule has 0 saturated carbocycles. The molecular weight excluding hydrogens is 397 g/mol. The molecule has 0 saturated heterocycles. The Morgan fingerprint density at radius 1 is 1.35 bits per heavy atom. The van der Waals surface area contributed by atoms with E-state index >= 15 is 0 Å². The monoisotopic (exact) mass is 409 g/mol. The molecule has 2 rings (SSSR count). The highest BCUT2D eigenvalue weighted by Gasteiger charge is 2.12. The normalized spacial score (nSPS) is 13.9. The fraction of sp³-hybridized carbons (Fsp3) is 0.250. The number of benzene rings is 1. The number of fused-ring (bicyclic) bond motifs is 1. The Morgan fingerprint density at radius 3 is 2.85 bits per heavy atom. The van der Waals surface area contributed by atoms with Crippen molar-refractivity contribution < 1.29 is 22.5 Å². The van der Waals surface area contributed by atoms with Gasteiger partial charge in [0.25, 0.3) is 10.1 Å². The summed E-state index contributed by atoms with van der Waals surface area (Å²) >= 11 is -0.595. The summed E-state index contributed by atoms with van der Waals surface area (Å²) < 4.78 is 39.6. The number of halogens is 1. The highest BCUT2D eigenvalue weighted by molar-refractivity contribution is 14.2. The van der Waals surface area contributed by atoms with E-state index in [-0.39, 0.29) is 13.0 Å². The Morgan fingerprint density at radius 2 is 2.10 bits per heavy atom. The molecule has 0 fully saturated rings. The van der Waals surface area contributed by atoms with Gasteiger partial charge in [0.05, 0.1) is 12.1 Å². The zero-order valence-corrected chi connectivity index (χ0v) is 13.3. The van der Waals surface area contributed by atoms with Gasteiger partial charge in [-0.3, -0.25) is 9.35 Å². The summed E-state index contributed by atoms with van der Waals surface area (Å²) in [5.41, 5.74) is 1.91. The summed E-state index contributed by atoms with van der Waals surface area (Å²) in [4.78, 5) is 11.5. The molecule has 0 amide bonds. The number of ether oxygens (including phenoxy) is 1. The smallest absolute Gasteiger partial charge is 0.310 e. The molecule has 1 aliphatic heterocycles. The molecule has 1 heterocycles. The summed E-state index contributed by atoms with van der Waals surface area (Å²) in [6, 6.07) is 7.66. The van der Waals surface area contributed by atoms with Crippen LogP contribution in [0.5, 0.6) is 0 Å². The largest absolute Gasteiger partial charge is 0.464 e. The van der Waals surface area contributed by atoms with E-state index in [2.05, 4.69) is 3.15 Å². The fourth-order valence-corrected chi connectivity index (χ4v) is 3.77. The predicted octanol–water partition coefficient (Wildman–Crippen LogP) is 2.65. The SMILES string of the molecule is O=C(CC1=Cc2ccccc2N=I1)OCCS(=O)(=O)O. The van der Waals surface area contributed by atoms with Crippen molar-refractivity contribution in [2.24, 2.45) is 3.15 Å². The highest BCUT2D eigenvalue weighted by atomic mass is 127. The van der Waals surface area contributed by atoms with E-state index in [1.54, 1.807) is 0 Å². The van der Waals surface area contributed by atoms with Gasteiger partial charge in [-0.15, -0.1) is 0 Å². The van der Waals surface area contributed by atoms with Gasteiger partial charge in [-0.25, -0.2) is 3.15 Å². The first kappa shape index (κ1) is 15.3. The van der Waals surface area contributed by atoms with Crippen molar-refractivity contribution in [3.05, 3.63) is 33.4 Å². The third-order valence-corrected chi connectivity index (χ3v) is 5.16. The molecule has 1 N–H and O–H groups in total. The standard InChI is InChI=1S/C12H12INO5S/c15-12(19-5-6-20(16,17)18)8-10-7-9-3-1-2-4-11(9)14-13-10/h1-4,7H,5-6,8H2,(H,16,17,18). The average Bonchev–Trinajstić information content (AvgIpc) is 2.37. The summed E-state index contributed by atoms with van der Waals surface area (Å²) in [5, 5.41) is 0. The molecule has 0 spiro atoms. The van der Waals surface area contributed by atoms with Crippen LogP contribution in [0.1, 0.15) is 12.0 Å². The number of hydrogen-bond donors (Lipinski definition) is 1. The van der Waals surface area contributed by atoms with Gasteiger partial charge in [0, 0.05) is 30.2 Å². The van der Waals surface area contributed by atoms with Crippen molar-refractivity contribution in [2.75, 3.05) is 12.4 Å². The fourth-order valence-electron chi connectivity index (χ4n) is 1.51. The van der Waals surface area contributed by atoms with Gasteiger partial charge >= 0.3 is 5.97 Å². The summed E-state index contributed by atoms with van der Waals surface area (Å²) in [6.45, 7) is -0.336. The predicted molar refractivity (Wildman–Crippen MR) is 82.5 cm³/mol. The Labute approximate surface area is 126 Å². The van der Waals surface area contributed by atoms with Gasteiger partial charge in [-0.1, -0.05) is 18.2 Å². The Bertz CT molecular complexity index is 681. The lowest BCUT2D eigenvalue weighted by atomic mass is 10.1. The van der Waals surface area contributed by atoms with E-state index in [9.17, 15) is 13.2 Å². The quantitative estimate of drug-likeness (QED) is 0.459. The molecule has 0 unspecified atom stereocenters. The zero-order valence-electron chi connectivity index (χ0n) is 10.3. The van der Waals surface area contributed by atoms with Crippen LogP contribution in [-0.2, 0) is 19.6 Å². The molecule has 108 valence electrons. The van der Waals surface area contributed by atoms with Gasteiger partial charge in [-0.05, 0) is 12.1 Å². The van der Waals surface area contributed by atoms with Gasteiger partial charge in [0.2, 0.25) is 0 Å². The molecular formula is C12H12INO5S. The van der Waals surface area contributed by atoms with Crippen molar-refractivity contribution in [1.29, 1.82) is 0 Å². The Balaban J connectivity index is 1.90. The van der Waals surface area contributed by atoms with Crippen LogP contribution in [-0.4, -0.2) is 31.3 Å². The van der Waals surface area contributed by atoms with Crippen LogP contribution in [0.2, 0.25) is 0 Å². The first-order valence-corrected chi connectivity index (χ1v) is 9.35. The van der Waals surface area contributed by atoms with E-state index in [0.29, 0.717) is 0 Å². The van der Waals surface area contributed by atoms with E-state index in [4.69, 9.17) is 9.29 Å². The number of rotatable bonds is 5. The van der Waals surface area contributed by atoms with Gasteiger partial charge in [0.1, 0.15) is 12.4 Å². The first-order chi connectivity index (χ1) is 9.44. The maximum atomic E-state index is 11.5. The molecule has 20 heavy (non-hydrogen) atoms. The van der Waals surface area contributed by atoms with E-state index in [1.807, 2.05) is 30.3 Å². The van der Waals surface area contributed by atoms with Crippen LogP contribution < -0.4 is 0 Å². The Kier molecular flexibility index (Phi) is 5.00. The molecule has 0 atom stereocenters. The molecule has 6 nitrogen and oxygen atoms in total. The number of hydrogen-bond acceptors (Lipinski definition) is 5. The molecule has 1 aliphatic rings. The minimum atomic E-state index is -4.10. The van der Waals surface area contributed by atoms with Crippen molar-refractivity contribution >= 4 is 48.9 Å². The summed E-state index contributed by atoms with van der Waals surface area (Å²) in [6.07, 6.45) is 2.04. The van der Waals surface area contributed by atoms with Gasteiger partial charge in [-0.2, -0.15) is 8.42 Å². The molecule has 8 heteroatoms. The number of carbonyl (C=O) groups excluding carboxylic acids is 1. The van der Waals surface area contributed by atoms with Crippen LogP contribution in [0, 0.1) is 0 Å².